The van der Waals surface area contributed by atoms with Gasteiger partial charge < -0.3 is 15.0 Å². The highest BCUT2D eigenvalue weighted by atomic mass is 32.1. The topological polar surface area (TPSA) is 37.4 Å². The Morgan fingerprint density at radius 1 is 1.29 bits per heavy atom. The Labute approximate surface area is 153 Å². The van der Waals surface area contributed by atoms with E-state index < -0.39 is 0 Å². The summed E-state index contributed by atoms with van der Waals surface area (Å²) in [7, 11) is 3.74. The lowest BCUT2D eigenvalue weighted by molar-refractivity contribution is 0.449. The molecule has 4 nitrogen and oxygen atoms in total. The van der Waals surface area contributed by atoms with Gasteiger partial charge in [0, 0.05) is 38.0 Å². The molecule has 130 valence electrons. The number of thiocarbonyl (C=S) groups is 1. The Morgan fingerprint density at radius 2 is 2.04 bits per heavy atom. The van der Waals surface area contributed by atoms with E-state index in [1.54, 1.807) is 16.2 Å². The van der Waals surface area contributed by atoms with Crippen LogP contribution in [-0.2, 0) is 18.5 Å². The first-order chi connectivity index (χ1) is 11.3. The lowest BCUT2D eigenvalue weighted by Gasteiger charge is -2.14. The second-order valence-electron chi connectivity index (χ2n) is 6.91. The van der Waals surface area contributed by atoms with Crippen molar-refractivity contribution in [2.45, 2.75) is 39.3 Å². The van der Waals surface area contributed by atoms with Crippen LogP contribution in [-0.4, -0.2) is 29.2 Å². The van der Waals surface area contributed by atoms with Crippen molar-refractivity contribution >= 4 is 28.7 Å². The number of ether oxygens (including phenoxy) is 1. The molecule has 1 N–H and O–H groups in total. The summed E-state index contributed by atoms with van der Waals surface area (Å²) in [4.78, 5) is 6.47. The molecule has 0 saturated heterocycles. The number of nitrogens with one attached hydrogen (secondary N) is 1. The van der Waals surface area contributed by atoms with Crippen LogP contribution in [0.1, 0.15) is 37.0 Å². The van der Waals surface area contributed by atoms with Gasteiger partial charge in [0.15, 0.2) is 0 Å². The number of thiazole rings is 1. The van der Waals surface area contributed by atoms with Crippen molar-refractivity contribution in [1.82, 2.24) is 15.2 Å². The monoisotopic (exact) mass is 363 g/mol. The van der Waals surface area contributed by atoms with E-state index in [4.69, 9.17) is 21.9 Å². The van der Waals surface area contributed by atoms with Crippen molar-refractivity contribution in [3.05, 3.63) is 45.9 Å². The molecule has 0 aliphatic rings. The standard InChI is InChI=1S/C18H25N3OS2/c1-18(2,3)16-20-14(12-24-16)11-19-10-13-7-6-8-15(9-13)22-17(23)21(4)5/h6-9,12,19H,10-11H2,1-5H3. The lowest BCUT2D eigenvalue weighted by Crippen LogP contribution is -2.25. The Morgan fingerprint density at radius 3 is 2.67 bits per heavy atom. The van der Waals surface area contributed by atoms with Crippen LogP contribution in [0.5, 0.6) is 5.75 Å². The molecule has 1 heterocycles. The van der Waals surface area contributed by atoms with Gasteiger partial charge in [-0.2, -0.15) is 0 Å². The number of nitrogens with zero attached hydrogens (tertiary/aromatic N) is 2. The Balaban J connectivity index is 1.88. The zero-order valence-corrected chi connectivity index (χ0v) is 16.6. The molecule has 0 unspecified atom stereocenters. The van der Waals surface area contributed by atoms with Crippen molar-refractivity contribution in [2.75, 3.05) is 14.1 Å². The fraction of sp³-hybridized carbons (Fsp3) is 0.444. The van der Waals surface area contributed by atoms with Gasteiger partial charge in [-0.05, 0) is 29.9 Å². The minimum absolute atomic E-state index is 0.111. The summed E-state index contributed by atoms with van der Waals surface area (Å²) in [6, 6.07) is 7.96. The highest BCUT2D eigenvalue weighted by Crippen LogP contribution is 2.25. The van der Waals surface area contributed by atoms with Crippen molar-refractivity contribution in [2.24, 2.45) is 0 Å². The molecule has 24 heavy (non-hydrogen) atoms. The third-order valence-corrected chi connectivity index (χ3v) is 5.06. The van der Waals surface area contributed by atoms with Gasteiger partial charge in [-0.25, -0.2) is 4.98 Å². The second-order valence-corrected chi connectivity index (χ2v) is 8.11. The van der Waals surface area contributed by atoms with Gasteiger partial charge in [0.2, 0.25) is 0 Å². The average Bonchev–Trinajstić information content (AvgIpc) is 2.96. The lowest BCUT2D eigenvalue weighted by atomic mass is 9.98. The summed E-state index contributed by atoms with van der Waals surface area (Å²) in [5.74, 6) is 0.761. The first-order valence-electron chi connectivity index (χ1n) is 7.89. The summed E-state index contributed by atoms with van der Waals surface area (Å²) in [5.41, 5.74) is 2.35. The highest BCUT2D eigenvalue weighted by molar-refractivity contribution is 7.80. The van der Waals surface area contributed by atoms with Crippen molar-refractivity contribution in [3.8, 4) is 5.75 Å². The third-order valence-electron chi connectivity index (χ3n) is 3.30. The van der Waals surface area contributed by atoms with E-state index in [-0.39, 0.29) is 5.41 Å². The maximum absolute atomic E-state index is 5.64. The van der Waals surface area contributed by atoms with E-state index in [0.717, 1.165) is 30.1 Å². The largest absolute Gasteiger partial charge is 0.432 e. The molecule has 0 aliphatic heterocycles. The molecular formula is C18H25N3OS2. The first kappa shape index (κ1) is 18.8. The van der Waals surface area contributed by atoms with Gasteiger partial charge in [0.25, 0.3) is 5.17 Å². The van der Waals surface area contributed by atoms with Crippen LogP contribution in [0.2, 0.25) is 0 Å². The number of rotatable bonds is 5. The van der Waals surface area contributed by atoms with E-state index in [0.29, 0.717) is 5.17 Å². The zero-order chi connectivity index (χ0) is 17.7. The molecule has 0 aliphatic carbocycles. The molecule has 0 radical (unpaired) electrons. The molecule has 6 heteroatoms. The van der Waals surface area contributed by atoms with Crippen LogP contribution in [0.25, 0.3) is 0 Å². The van der Waals surface area contributed by atoms with Gasteiger partial charge in [-0.15, -0.1) is 11.3 Å². The van der Waals surface area contributed by atoms with Crippen molar-refractivity contribution in [1.29, 1.82) is 0 Å². The molecule has 0 fully saturated rings. The molecule has 1 aromatic carbocycles. The summed E-state index contributed by atoms with van der Waals surface area (Å²) in [6.45, 7) is 8.08. The number of benzene rings is 1. The maximum atomic E-state index is 5.64. The van der Waals surface area contributed by atoms with Crippen molar-refractivity contribution < 1.29 is 4.74 Å². The normalized spacial score (nSPS) is 11.4. The predicted molar refractivity (Wildman–Crippen MR) is 105 cm³/mol. The Kier molecular flexibility index (Phi) is 6.32. The van der Waals surface area contributed by atoms with Crippen LogP contribution in [0.3, 0.4) is 0 Å². The van der Waals surface area contributed by atoms with Crippen LogP contribution < -0.4 is 10.1 Å². The van der Waals surface area contributed by atoms with E-state index in [2.05, 4.69) is 37.5 Å². The Hall–Kier alpha value is -1.50. The van der Waals surface area contributed by atoms with Crippen LogP contribution in [0.4, 0.5) is 0 Å². The average molecular weight is 364 g/mol. The summed E-state index contributed by atoms with van der Waals surface area (Å²) in [6.07, 6.45) is 0. The highest BCUT2D eigenvalue weighted by Gasteiger charge is 2.17. The van der Waals surface area contributed by atoms with Gasteiger partial charge in [0.05, 0.1) is 10.7 Å². The molecule has 0 spiro atoms. The third kappa shape index (κ3) is 5.54. The SMILES string of the molecule is CN(C)C(=S)Oc1cccc(CNCc2csc(C(C)(C)C)n2)c1. The van der Waals surface area contributed by atoms with Crippen LogP contribution in [0.15, 0.2) is 29.6 Å². The number of aromatic nitrogens is 1. The van der Waals surface area contributed by atoms with E-state index in [1.165, 1.54) is 5.01 Å². The first-order valence-corrected chi connectivity index (χ1v) is 9.18. The molecule has 1 aromatic heterocycles. The second kappa shape index (κ2) is 8.05. The predicted octanol–water partition coefficient (Wildman–Crippen LogP) is 3.96. The summed E-state index contributed by atoms with van der Waals surface area (Å²) < 4.78 is 5.64. The van der Waals surface area contributed by atoms with E-state index in [1.807, 2.05) is 32.3 Å². The fourth-order valence-corrected chi connectivity index (χ4v) is 2.98. The number of hydrogen-bond acceptors (Lipinski definition) is 5. The van der Waals surface area contributed by atoms with Gasteiger partial charge >= 0.3 is 0 Å². The van der Waals surface area contributed by atoms with Crippen LogP contribution >= 0.6 is 23.6 Å². The van der Waals surface area contributed by atoms with E-state index in [9.17, 15) is 0 Å². The zero-order valence-electron chi connectivity index (χ0n) is 14.9. The number of hydrogen-bond donors (Lipinski definition) is 1. The maximum Gasteiger partial charge on any atom is 0.264 e. The summed E-state index contributed by atoms with van der Waals surface area (Å²) in [5, 5.41) is 7.19. The molecule has 0 amide bonds. The molecule has 0 bridgehead atoms. The minimum Gasteiger partial charge on any atom is -0.432 e. The van der Waals surface area contributed by atoms with Gasteiger partial charge in [0.1, 0.15) is 5.75 Å². The van der Waals surface area contributed by atoms with Crippen molar-refractivity contribution in [3.63, 3.8) is 0 Å². The van der Waals surface area contributed by atoms with Gasteiger partial charge in [-0.3, -0.25) is 0 Å². The fourth-order valence-electron chi connectivity index (χ4n) is 1.98. The Bertz CT molecular complexity index is 690. The van der Waals surface area contributed by atoms with Gasteiger partial charge in [-0.1, -0.05) is 32.9 Å². The van der Waals surface area contributed by atoms with Crippen LogP contribution in [0, 0.1) is 0 Å². The smallest absolute Gasteiger partial charge is 0.264 e. The molecule has 0 atom stereocenters. The van der Waals surface area contributed by atoms with E-state index >= 15 is 0 Å². The molecular weight excluding hydrogens is 338 g/mol. The molecule has 0 saturated carbocycles. The molecule has 2 rings (SSSR count). The quantitative estimate of drug-likeness (QED) is 0.814. The molecule has 2 aromatic rings. The summed E-state index contributed by atoms with van der Waals surface area (Å²) >= 11 is 6.89. The minimum atomic E-state index is 0.111.